The number of thiazole rings is 1. The number of nitrogens with zero attached hydrogens (tertiary/aromatic N) is 3. The van der Waals surface area contributed by atoms with Crippen LogP contribution in [0.3, 0.4) is 0 Å². The first-order valence-corrected chi connectivity index (χ1v) is 13.1. The SMILES string of the molecule is CCCCCCOc1ccc(C2C(C(=O)c3sc(C)nc3C)=C(O)C(=O)N2Cc2cccnc2)cc1. The summed E-state index contributed by atoms with van der Waals surface area (Å²) in [6, 6.07) is 10.3. The molecule has 1 amide bonds. The molecule has 0 saturated heterocycles. The quantitative estimate of drug-likeness (QED) is 0.258. The van der Waals surface area contributed by atoms with Crippen molar-refractivity contribution < 1.29 is 19.4 Å². The van der Waals surface area contributed by atoms with Crippen molar-refractivity contribution in [2.24, 2.45) is 0 Å². The van der Waals surface area contributed by atoms with Crippen molar-refractivity contribution in [1.29, 1.82) is 0 Å². The van der Waals surface area contributed by atoms with Crippen LogP contribution in [-0.4, -0.2) is 38.3 Å². The van der Waals surface area contributed by atoms with E-state index in [-0.39, 0.29) is 17.9 Å². The molecule has 4 rings (SSSR count). The second kappa shape index (κ2) is 11.5. The fourth-order valence-electron chi connectivity index (χ4n) is 4.41. The lowest BCUT2D eigenvalue weighted by atomic mass is 9.95. The summed E-state index contributed by atoms with van der Waals surface area (Å²) in [5.74, 6) is -0.745. The molecule has 0 bridgehead atoms. The predicted molar refractivity (Wildman–Crippen MR) is 139 cm³/mol. The molecule has 1 atom stereocenters. The molecule has 3 aromatic rings. The van der Waals surface area contributed by atoms with Crippen LogP contribution < -0.4 is 4.74 Å². The highest BCUT2D eigenvalue weighted by Gasteiger charge is 2.44. The van der Waals surface area contributed by atoms with Crippen LogP contribution in [0.15, 0.2) is 60.1 Å². The number of benzene rings is 1. The molecule has 0 aliphatic carbocycles. The van der Waals surface area contributed by atoms with Crippen LogP contribution >= 0.6 is 11.3 Å². The van der Waals surface area contributed by atoms with Crippen molar-refractivity contribution in [3.05, 3.63) is 86.8 Å². The van der Waals surface area contributed by atoms with Gasteiger partial charge in [-0.15, -0.1) is 11.3 Å². The molecule has 1 N–H and O–H groups in total. The van der Waals surface area contributed by atoms with Gasteiger partial charge >= 0.3 is 0 Å². The van der Waals surface area contributed by atoms with E-state index in [1.54, 1.807) is 25.4 Å². The van der Waals surface area contributed by atoms with Gasteiger partial charge in [0.25, 0.3) is 5.91 Å². The summed E-state index contributed by atoms with van der Waals surface area (Å²) >= 11 is 1.27. The molecule has 0 spiro atoms. The van der Waals surface area contributed by atoms with Crippen LogP contribution in [0, 0.1) is 13.8 Å². The molecule has 1 aliphatic heterocycles. The first kappa shape index (κ1) is 25.6. The number of carbonyl (C=O) groups excluding carboxylic acids is 2. The maximum atomic E-state index is 13.7. The van der Waals surface area contributed by atoms with Crippen LogP contribution in [0.1, 0.15) is 70.1 Å². The first-order chi connectivity index (χ1) is 17.4. The zero-order chi connectivity index (χ0) is 25.7. The standard InChI is InChI=1S/C28H31N3O4S/c1-4-5-6-7-15-35-22-12-10-21(11-13-22)24-23(25(32)27-18(2)30-19(3)36-27)26(33)28(34)31(24)17-20-9-8-14-29-16-20/h8-14,16,24,33H,4-7,15,17H2,1-3H3. The molecule has 0 saturated carbocycles. The number of hydrogen-bond donors (Lipinski definition) is 1. The Morgan fingerprint density at radius 1 is 1.14 bits per heavy atom. The number of amides is 1. The Bertz CT molecular complexity index is 1250. The van der Waals surface area contributed by atoms with Crippen LogP contribution in [0.25, 0.3) is 0 Å². The molecule has 36 heavy (non-hydrogen) atoms. The number of aliphatic hydroxyl groups is 1. The summed E-state index contributed by atoms with van der Waals surface area (Å²) < 4.78 is 5.87. The third kappa shape index (κ3) is 5.49. The Balaban J connectivity index is 1.65. The van der Waals surface area contributed by atoms with Crippen molar-refractivity contribution in [2.45, 2.75) is 59.0 Å². The third-order valence-electron chi connectivity index (χ3n) is 6.20. The van der Waals surface area contributed by atoms with Gasteiger partial charge < -0.3 is 14.7 Å². The summed E-state index contributed by atoms with van der Waals surface area (Å²) in [7, 11) is 0. The van der Waals surface area contributed by atoms with Gasteiger partial charge in [-0.1, -0.05) is 44.4 Å². The third-order valence-corrected chi connectivity index (χ3v) is 7.27. The van der Waals surface area contributed by atoms with Crippen LogP contribution in [0.2, 0.25) is 0 Å². The van der Waals surface area contributed by atoms with Gasteiger partial charge in [0.05, 0.1) is 33.8 Å². The molecule has 7 nitrogen and oxygen atoms in total. The Hall–Kier alpha value is -3.52. The molecule has 1 aliphatic rings. The zero-order valence-corrected chi connectivity index (χ0v) is 21.7. The second-order valence-corrected chi connectivity index (χ2v) is 10.1. The Morgan fingerprint density at radius 2 is 1.92 bits per heavy atom. The number of pyridine rings is 1. The normalized spacial score (nSPS) is 15.6. The lowest BCUT2D eigenvalue weighted by Gasteiger charge is -2.27. The number of ether oxygens (including phenoxy) is 1. The second-order valence-electron chi connectivity index (χ2n) is 8.91. The van der Waals surface area contributed by atoms with Gasteiger partial charge in [0.1, 0.15) is 5.75 Å². The summed E-state index contributed by atoms with van der Waals surface area (Å²) in [4.78, 5) is 37.3. The zero-order valence-electron chi connectivity index (χ0n) is 20.9. The predicted octanol–water partition coefficient (Wildman–Crippen LogP) is 5.89. The van der Waals surface area contributed by atoms with Gasteiger partial charge in [-0.2, -0.15) is 0 Å². The van der Waals surface area contributed by atoms with E-state index in [1.807, 2.05) is 37.3 Å². The van der Waals surface area contributed by atoms with Gasteiger partial charge in [0.15, 0.2) is 5.76 Å². The maximum Gasteiger partial charge on any atom is 0.290 e. The van der Waals surface area contributed by atoms with Crippen molar-refractivity contribution >= 4 is 23.0 Å². The fourth-order valence-corrected chi connectivity index (χ4v) is 5.29. The van der Waals surface area contributed by atoms with E-state index < -0.39 is 17.7 Å². The van der Waals surface area contributed by atoms with E-state index in [0.29, 0.717) is 17.2 Å². The molecular formula is C28H31N3O4S. The van der Waals surface area contributed by atoms with Gasteiger partial charge in [-0.3, -0.25) is 14.6 Å². The molecule has 1 aromatic carbocycles. The van der Waals surface area contributed by atoms with Crippen LogP contribution in [-0.2, 0) is 11.3 Å². The molecule has 0 fully saturated rings. The van der Waals surface area contributed by atoms with Gasteiger partial charge in [-0.05, 0) is 49.6 Å². The number of rotatable bonds is 11. The van der Waals surface area contributed by atoms with Crippen molar-refractivity contribution in [3.8, 4) is 5.75 Å². The molecular weight excluding hydrogens is 474 g/mol. The van der Waals surface area contributed by atoms with Gasteiger partial charge in [0.2, 0.25) is 5.78 Å². The number of carbonyl (C=O) groups is 2. The van der Waals surface area contributed by atoms with E-state index in [4.69, 9.17) is 4.74 Å². The van der Waals surface area contributed by atoms with E-state index >= 15 is 0 Å². The molecule has 2 aromatic heterocycles. The van der Waals surface area contributed by atoms with Crippen molar-refractivity contribution in [2.75, 3.05) is 6.61 Å². The minimum atomic E-state index is -0.745. The van der Waals surface area contributed by atoms with E-state index in [0.717, 1.165) is 34.7 Å². The Kier molecular flexibility index (Phi) is 8.15. The minimum Gasteiger partial charge on any atom is -0.503 e. The number of hydrogen-bond acceptors (Lipinski definition) is 7. The van der Waals surface area contributed by atoms with E-state index in [9.17, 15) is 14.7 Å². The fraction of sp³-hybridized carbons (Fsp3) is 0.357. The van der Waals surface area contributed by atoms with E-state index in [2.05, 4.69) is 16.9 Å². The molecule has 188 valence electrons. The highest BCUT2D eigenvalue weighted by Crippen LogP contribution is 2.41. The lowest BCUT2D eigenvalue weighted by Crippen LogP contribution is -2.30. The topological polar surface area (TPSA) is 92.6 Å². The highest BCUT2D eigenvalue weighted by molar-refractivity contribution is 7.14. The van der Waals surface area contributed by atoms with Crippen LogP contribution in [0.4, 0.5) is 0 Å². The minimum absolute atomic E-state index is 0.0730. The molecule has 0 radical (unpaired) electrons. The lowest BCUT2D eigenvalue weighted by molar-refractivity contribution is -0.130. The maximum absolute atomic E-state index is 13.7. The van der Waals surface area contributed by atoms with Crippen molar-refractivity contribution in [1.82, 2.24) is 14.9 Å². The largest absolute Gasteiger partial charge is 0.503 e. The number of ketones is 1. The molecule has 1 unspecified atom stereocenters. The van der Waals surface area contributed by atoms with Crippen LogP contribution in [0.5, 0.6) is 5.75 Å². The Morgan fingerprint density at radius 3 is 2.56 bits per heavy atom. The summed E-state index contributed by atoms with van der Waals surface area (Å²) in [5, 5.41) is 11.7. The van der Waals surface area contributed by atoms with E-state index in [1.165, 1.54) is 29.1 Å². The molecule has 3 heterocycles. The number of aromatic nitrogens is 2. The average Bonchev–Trinajstić information content (AvgIpc) is 3.35. The monoisotopic (exact) mass is 505 g/mol. The Labute approximate surface area is 215 Å². The first-order valence-electron chi connectivity index (χ1n) is 12.2. The molecule has 8 heteroatoms. The van der Waals surface area contributed by atoms with Gasteiger partial charge in [0, 0.05) is 18.9 Å². The highest BCUT2D eigenvalue weighted by atomic mass is 32.1. The van der Waals surface area contributed by atoms with Crippen molar-refractivity contribution in [3.63, 3.8) is 0 Å². The number of aryl methyl sites for hydroxylation is 2. The summed E-state index contributed by atoms with van der Waals surface area (Å²) in [5.41, 5.74) is 2.18. The summed E-state index contributed by atoms with van der Waals surface area (Å²) in [6.45, 7) is 6.61. The number of aliphatic hydroxyl groups excluding tert-OH is 1. The average molecular weight is 506 g/mol. The number of unbranched alkanes of at least 4 members (excludes halogenated alkanes) is 3. The summed E-state index contributed by atoms with van der Waals surface area (Å²) in [6.07, 6.45) is 7.83. The van der Waals surface area contributed by atoms with Gasteiger partial charge in [-0.25, -0.2) is 4.98 Å². The number of Topliss-reactive ketones (excluding diaryl/α,β-unsaturated/α-hetero) is 1. The smallest absolute Gasteiger partial charge is 0.290 e.